The average molecular weight is 366 g/mol. The lowest BCUT2D eigenvalue weighted by Crippen LogP contribution is -2.38. The fraction of sp³-hybridized carbons (Fsp3) is 0.263. The highest BCUT2D eigenvalue weighted by Gasteiger charge is 2.30. The van der Waals surface area contributed by atoms with Gasteiger partial charge in [0.2, 0.25) is 5.88 Å². The van der Waals surface area contributed by atoms with Gasteiger partial charge in [-0.3, -0.25) is 9.78 Å². The second-order valence-corrected chi connectivity index (χ2v) is 6.98. The number of carbonyl (C=O) groups excluding carboxylic acids is 1. The van der Waals surface area contributed by atoms with Crippen LogP contribution < -0.4 is 4.74 Å². The molecule has 2 aromatic heterocycles. The highest BCUT2D eigenvalue weighted by atomic mass is 32.1. The van der Waals surface area contributed by atoms with Gasteiger partial charge in [0.25, 0.3) is 5.91 Å². The van der Waals surface area contributed by atoms with E-state index in [-0.39, 0.29) is 11.9 Å². The molecular formula is C19H18N4O2S. The average Bonchev–Trinajstić information content (AvgIpc) is 3.23. The van der Waals surface area contributed by atoms with Crippen LogP contribution in [0, 0.1) is 0 Å². The molecule has 1 unspecified atom stereocenters. The molecule has 1 amide bonds. The highest BCUT2D eigenvalue weighted by Crippen LogP contribution is 2.33. The lowest BCUT2D eigenvalue weighted by molar-refractivity contribution is 0.0611. The van der Waals surface area contributed by atoms with E-state index in [2.05, 4.69) is 15.0 Å². The zero-order valence-electron chi connectivity index (χ0n) is 14.1. The van der Waals surface area contributed by atoms with Gasteiger partial charge in [0.15, 0.2) is 0 Å². The van der Waals surface area contributed by atoms with Crippen LogP contribution in [0.2, 0.25) is 0 Å². The van der Waals surface area contributed by atoms with Crippen molar-refractivity contribution in [3.05, 3.63) is 65.0 Å². The first-order valence-electron chi connectivity index (χ1n) is 8.55. The Balaban J connectivity index is 1.56. The number of rotatable bonds is 4. The first kappa shape index (κ1) is 16.7. The molecule has 1 aliphatic heterocycles. The van der Waals surface area contributed by atoms with Crippen LogP contribution in [-0.2, 0) is 0 Å². The number of amides is 1. The Kier molecular flexibility index (Phi) is 4.88. The third-order valence-corrected chi connectivity index (χ3v) is 5.22. The Morgan fingerprint density at radius 2 is 2.15 bits per heavy atom. The van der Waals surface area contributed by atoms with E-state index < -0.39 is 0 Å². The molecule has 0 spiro atoms. The number of likely N-dealkylation sites (tertiary alicyclic amines) is 1. The molecule has 6 nitrogen and oxygen atoms in total. The van der Waals surface area contributed by atoms with Crippen molar-refractivity contribution in [2.75, 3.05) is 6.54 Å². The van der Waals surface area contributed by atoms with E-state index >= 15 is 0 Å². The van der Waals surface area contributed by atoms with Crippen molar-refractivity contribution in [3.63, 3.8) is 0 Å². The van der Waals surface area contributed by atoms with Gasteiger partial charge in [-0.15, -0.1) is 11.3 Å². The van der Waals surface area contributed by atoms with E-state index in [4.69, 9.17) is 4.74 Å². The molecule has 0 radical (unpaired) electrons. The summed E-state index contributed by atoms with van der Waals surface area (Å²) in [5.74, 6) is 0.976. The van der Waals surface area contributed by atoms with Crippen LogP contribution in [-0.4, -0.2) is 32.3 Å². The number of carbonyl (C=O) groups is 1. The van der Waals surface area contributed by atoms with E-state index in [0.29, 0.717) is 17.2 Å². The number of aromatic nitrogens is 3. The first-order chi connectivity index (χ1) is 12.8. The van der Waals surface area contributed by atoms with E-state index in [1.807, 2.05) is 22.4 Å². The summed E-state index contributed by atoms with van der Waals surface area (Å²) in [7, 11) is 0. The first-order valence-corrected chi connectivity index (χ1v) is 9.43. The van der Waals surface area contributed by atoms with Crippen molar-refractivity contribution in [1.29, 1.82) is 0 Å². The maximum absolute atomic E-state index is 13.1. The van der Waals surface area contributed by atoms with Crippen molar-refractivity contribution < 1.29 is 9.53 Å². The zero-order chi connectivity index (χ0) is 17.8. The fourth-order valence-corrected chi connectivity index (χ4v) is 3.93. The molecule has 0 N–H and O–H groups in total. The minimum Gasteiger partial charge on any atom is -0.437 e. The number of nitrogens with zero attached hydrogens (tertiary/aromatic N) is 4. The predicted octanol–water partition coefficient (Wildman–Crippen LogP) is 4.09. The molecule has 1 aromatic carbocycles. The fourth-order valence-electron chi connectivity index (χ4n) is 3.15. The summed E-state index contributed by atoms with van der Waals surface area (Å²) >= 11 is 1.61. The number of thiazole rings is 1. The van der Waals surface area contributed by atoms with Gasteiger partial charge in [-0.05, 0) is 37.5 Å². The molecule has 1 fully saturated rings. The van der Waals surface area contributed by atoms with E-state index in [1.165, 1.54) is 6.20 Å². The molecule has 3 aromatic rings. The predicted molar refractivity (Wildman–Crippen MR) is 98.3 cm³/mol. The third-order valence-electron chi connectivity index (χ3n) is 4.34. The summed E-state index contributed by atoms with van der Waals surface area (Å²) in [6.07, 6.45) is 9.57. The second-order valence-electron chi connectivity index (χ2n) is 6.05. The van der Waals surface area contributed by atoms with E-state index in [0.717, 1.165) is 30.8 Å². The maximum Gasteiger partial charge on any atom is 0.254 e. The topological polar surface area (TPSA) is 68.2 Å². The second kappa shape index (κ2) is 7.61. The summed E-state index contributed by atoms with van der Waals surface area (Å²) in [5.41, 5.74) is 0.606. The van der Waals surface area contributed by atoms with Gasteiger partial charge in [-0.1, -0.05) is 6.07 Å². The van der Waals surface area contributed by atoms with Crippen LogP contribution in [0.15, 0.2) is 54.4 Å². The highest BCUT2D eigenvalue weighted by molar-refractivity contribution is 7.09. The normalized spacial score (nSPS) is 17.1. The summed E-state index contributed by atoms with van der Waals surface area (Å²) in [4.78, 5) is 27.6. The van der Waals surface area contributed by atoms with Gasteiger partial charge < -0.3 is 9.64 Å². The standard InChI is InChI=1S/C19H18N4O2S/c24-19(23-10-2-1-6-16(23)18-22-9-11-26-18)14-4-3-5-15(12-14)25-17-13-20-7-8-21-17/h3-5,7-9,11-13,16H,1-2,6,10H2. The van der Waals surface area contributed by atoms with Crippen LogP contribution in [0.25, 0.3) is 0 Å². The summed E-state index contributed by atoms with van der Waals surface area (Å²) in [6.45, 7) is 0.748. The third kappa shape index (κ3) is 3.57. The minimum absolute atomic E-state index is 0.00879. The number of benzene rings is 1. The molecule has 0 bridgehead atoms. The molecule has 132 valence electrons. The molecule has 1 saturated heterocycles. The van der Waals surface area contributed by atoms with Crippen molar-refractivity contribution >= 4 is 17.2 Å². The van der Waals surface area contributed by atoms with Gasteiger partial charge >= 0.3 is 0 Å². The molecule has 1 atom stereocenters. The molecule has 7 heteroatoms. The van der Waals surface area contributed by atoms with Crippen LogP contribution in [0.5, 0.6) is 11.6 Å². The number of piperidine rings is 1. The Bertz CT molecular complexity index is 870. The van der Waals surface area contributed by atoms with Crippen molar-refractivity contribution in [2.24, 2.45) is 0 Å². The summed E-state index contributed by atoms with van der Waals surface area (Å²) < 4.78 is 5.70. The molecule has 4 rings (SSSR count). The Hall–Kier alpha value is -2.80. The SMILES string of the molecule is O=C(c1cccc(Oc2cnccn2)c1)N1CCCCC1c1nccs1. The van der Waals surface area contributed by atoms with Crippen LogP contribution in [0.4, 0.5) is 0 Å². The molecule has 0 aliphatic carbocycles. The lowest BCUT2D eigenvalue weighted by Gasteiger charge is -2.34. The van der Waals surface area contributed by atoms with Crippen molar-refractivity contribution in [2.45, 2.75) is 25.3 Å². The van der Waals surface area contributed by atoms with Crippen molar-refractivity contribution in [3.8, 4) is 11.6 Å². The molecule has 3 heterocycles. The van der Waals surface area contributed by atoms with Gasteiger partial charge in [-0.25, -0.2) is 9.97 Å². The minimum atomic E-state index is 0.00879. The maximum atomic E-state index is 13.1. The summed E-state index contributed by atoms with van der Waals surface area (Å²) in [6, 6.07) is 7.26. The van der Waals surface area contributed by atoms with Crippen molar-refractivity contribution in [1.82, 2.24) is 19.9 Å². The van der Waals surface area contributed by atoms with Crippen LogP contribution in [0.1, 0.15) is 40.7 Å². The number of hydrogen-bond acceptors (Lipinski definition) is 6. The number of ether oxygens (including phenoxy) is 1. The Labute approximate surface area is 155 Å². The van der Waals surface area contributed by atoms with Gasteiger partial charge in [0.05, 0.1) is 12.2 Å². The lowest BCUT2D eigenvalue weighted by atomic mass is 10.0. The Morgan fingerprint density at radius 3 is 2.96 bits per heavy atom. The number of hydrogen-bond donors (Lipinski definition) is 0. The summed E-state index contributed by atoms with van der Waals surface area (Å²) in [5, 5.41) is 2.96. The van der Waals surface area contributed by atoms with Gasteiger partial charge in [0.1, 0.15) is 10.8 Å². The molecular weight excluding hydrogens is 348 g/mol. The van der Waals surface area contributed by atoms with Gasteiger partial charge in [-0.2, -0.15) is 0 Å². The van der Waals surface area contributed by atoms with Crippen LogP contribution in [0.3, 0.4) is 0 Å². The molecule has 26 heavy (non-hydrogen) atoms. The molecule has 0 saturated carbocycles. The van der Waals surface area contributed by atoms with E-state index in [9.17, 15) is 4.79 Å². The zero-order valence-corrected chi connectivity index (χ0v) is 14.9. The Morgan fingerprint density at radius 1 is 1.19 bits per heavy atom. The largest absolute Gasteiger partial charge is 0.437 e. The quantitative estimate of drug-likeness (QED) is 0.695. The van der Waals surface area contributed by atoms with Crippen LogP contribution >= 0.6 is 11.3 Å². The van der Waals surface area contributed by atoms with E-state index in [1.54, 1.807) is 42.1 Å². The van der Waals surface area contributed by atoms with Gasteiger partial charge in [0, 0.05) is 36.1 Å². The molecule has 1 aliphatic rings. The monoisotopic (exact) mass is 366 g/mol. The smallest absolute Gasteiger partial charge is 0.254 e.